The summed E-state index contributed by atoms with van der Waals surface area (Å²) in [5.74, 6) is 2.07. The first kappa shape index (κ1) is 33.2. The molecule has 0 aliphatic carbocycles. The van der Waals surface area contributed by atoms with Crippen molar-refractivity contribution >= 4 is 34.6 Å². The number of anilines is 5. The Morgan fingerprint density at radius 1 is 1.06 bits per heavy atom. The minimum atomic E-state index is -0.352. The zero-order chi connectivity index (χ0) is 33.3. The van der Waals surface area contributed by atoms with Crippen LogP contribution >= 0.6 is 0 Å². The number of halogens is 1. The van der Waals surface area contributed by atoms with Crippen LogP contribution in [-0.2, 0) is 16.1 Å². The Bertz CT molecular complexity index is 1700. The van der Waals surface area contributed by atoms with Gasteiger partial charge in [-0.2, -0.15) is 0 Å². The van der Waals surface area contributed by atoms with Gasteiger partial charge in [0, 0.05) is 38.3 Å². The van der Waals surface area contributed by atoms with Crippen molar-refractivity contribution in [1.29, 1.82) is 0 Å². The van der Waals surface area contributed by atoms with Crippen LogP contribution in [0.15, 0.2) is 85.7 Å². The molecular weight excluding hydrogens is 601 g/mol. The highest BCUT2D eigenvalue weighted by molar-refractivity contribution is 6.02. The van der Waals surface area contributed by atoms with Gasteiger partial charge in [0.1, 0.15) is 35.2 Å². The molecule has 47 heavy (non-hydrogen) atoms. The molecule has 1 saturated heterocycles. The molecule has 1 aromatic heterocycles. The number of ether oxygens (including phenoxy) is 2. The molecule has 0 radical (unpaired) electrons. The lowest BCUT2D eigenvalue weighted by atomic mass is 10.0. The standard InChI is InChI=1S/C35H40FN7O4/c1-6-35(44)40-29-20-30(32(45-5)21-31(29)42(4)15-14-41(2)3)39-33-22-34(38-23-37-33)43-26(13-16-46-43)17-24-9-7-11-27(18-24)47-28-12-8-10-25(36)19-28/h6-12,18-23,26H,1,13-17H2,2-5H3,(H,40,44)(H,37,38,39). The van der Waals surface area contributed by atoms with Crippen LogP contribution in [0, 0.1) is 5.82 Å². The summed E-state index contributed by atoms with van der Waals surface area (Å²) >= 11 is 0. The molecule has 1 unspecified atom stereocenters. The molecule has 1 fully saturated rings. The summed E-state index contributed by atoms with van der Waals surface area (Å²) in [6.45, 7) is 5.69. The number of rotatable bonds is 14. The molecular formula is C35H40FN7O4. The van der Waals surface area contributed by atoms with Crippen molar-refractivity contribution in [2.75, 3.05) is 68.5 Å². The van der Waals surface area contributed by atoms with Crippen LogP contribution < -0.4 is 30.1 Å². The fraction of sp³-hybridized carbons (Fsp3) is 0.286. The van der Waals surface area contributed by atoms with E-state index in [0.29, 0.717) is 53.3 Å². The van der Waals surface area contributed by atoms with E-state index in [1.807, 2.05) is 62.6 Å². The molecule has 0 spiro atoms. The molecule has 1 amide bonds. The Hall–Kier alpha value is -5.20. The highest BCUT2D eigenvalue weighted by Gasteiger charge is 2.28. The van der Waals surface area contributed by atoms with Gasteiger partial charge in [-0.25, -0.2) is 19.4 Å². The first-order chi connectivity index (χ1) is 22.7. The Balaban J connectivity index is 1.34. The maximum absolute atomic E-state index is 13.6. The lowest BCUT2D eigenvalue weighted by molar-refractivity contribution is -0.111. The third-order valence-electron chi connectivity index (χ3n) is 7.61. The molecule has 246 valence electrons. The van der Waals surface area contributed by atoms with E-state index in [2.05, 4.69) is 37.0 Å². The van der Waals surface area contributed by atoms with Crippen LogP contribution in [0.1, 0.15) is 12.0 Å². The molecule has 12 heteroatoms. The summed E-state index contributed by atoms with van der Waals surface area (Å²) in [6.07, 6.45) is 4.18. The van der Waals surface area contributed by atoms with Crippen molar-refractivity contribution in [3.05, 3.63) is 97.1 Å². The van der Waals surface area contributed by atoms with E-state index < -0.39 is 0 Å². The molecule has 1 atom stereocenters. The Morgan fingerprint density at radius 3 is 2.60 bits per heavy atom. The second-order valence-corrected chi connectivity index (χ2v) is 11.4. The number of hydrogen-bond acceptors (Lipinski definition) is 10. The van der Waals surface area contributed by atoms with Crippen molar-refractivity contribution in [2.45, 2.75) is 18.9 Å². The van der Waals surface area contributed by atoms with Crippen LogP contribution in [-0.4, -0.2) is 74.8 Å². The second kappa shape index (κ2) is 15.4. The van der Waals surface area contributed by atoms with Gasteiger partial charge in [-0.3, -0.25) is 9.63 Å². The molecule has 2 N–H and O–H groups in total. The summed E-state index contributed by atoms with van der Waals surface area (Å²) in [5, 5.41) is 8.05. The number of carbonyl (C=O) groups is 1. The van der Waals surface area contributed by atoms with Gasteiger partial charge in [0.05, 0.1) is 36.8 Å². The number of benzene rings is 3. The van der Waals surface area contributed by atoms with Crippen LogP contribution in [0.2, 0.25) is 0 Å². The van der Waals surface area contributed by atoms with E-state index >= 15 is 0 Å². The van der Waals surface area contributed by atoms with Crippen molar-refractivity contribution < 1.29 is 23.5 Å². The zero-order valence-corrected chi connectivity index (χ0v) is 27.1. The van der Waals surface area contributed by atoms with Gasteiger partial charge in [-0.05, 0) is 68.9 Å². The molecule has 2 heterocycles. The topological polar surface area (TPSA) is 104 Å². The molecule has 5 rings (SSSR count). The van der Waals surface area contributed by atoms with E-state index in [0.717, 1.165) is 30.8 Å². The maximum atomic E-state index is 13.6. The Labute approximate surface area is 274 Å². The lowest BCUT2D eigenvalue weighted by Gasteiger charge is -2.26. The maximum Gasteiger partial charge on any atom is 0.247 e. The molecule has 4 aromatic rings. The van der Waals surface area contributed by atoms with Crippen LogP contribution in [0.4, 0.5) is 33.1 Å². The second-order valence-electron chi connectivity index (χ2n) is 11.4. The fourth-order valence-electron chi connectivity index (χ4n) is 5.20. The number of hydrogen-bond donors (Lipinski definition) is 2. The molecule has 1 aliphatic heterocycles. The van der Waals surface area contributed by atoms with Gasteiger partial charge in [0.25, 0.3) is 0 Å². The SMILES string of the molecule is C=CC(=O)Nc1cc(Nc2cc(N3OCCC3Cc3cccc(Oc4cccc(F)c4)c3)ncn2)c(OC)cc1N(C)CCN(C)C. The lowest BCUT2D eigenvalue weighted by Crippen LogP contribution is -2.30. The summed E-state index contributed by atoms with van der Waals surface area (Å²) in [6, 6.07) is 19.3. The summed E-state index contributed by atoms with van der Waals surface area (Å²) < 4.78 is 25.3. The minimum absolute atomic E-state index is 0.00871. The van der Waals surface area contributed by atoms with Crippen LogP contribution in [0.5, 0.6) is 17.2 Å². The average molecular weight is 642 g/mol. The normalized spacial score (nSPS) is 14.2. The predicted molar refractivity (Wildman–Crippen MR) is 182 cm³/mol. The van der Waals surface area contributed by atoms with Crippen molar-refractivity contribution in [2.24, 2.45) is 0 Å². The number of carbonyl (C=O) groups excluding carboxylic acids is 1. The Morgan fingerprint density at radius 2 is 1.85 bits per heavy atom. The highest BCUT2D eigenvalue weighted by atomic mass is 19.1. The van der Waals surface area contributed by atoms with Gasteiger partial charge >= 0.3 is 0 Å². The molecule has 3 aromatic carbocycles. The molecule has 11 nitrogen and oxygen atoms in total. The van der Waals surface area contributed by atoms with Crippen LogP contribution in [0.25, 0.3) is 0 Å². The van der Waals surface area contributed by atoms with E-state index in [4.69, 9.17) is 14.3 Å². The predicted octanol–water partition coefficient (Wildman–Crippen LogP) is 6.04. The van der Waals surface area contributed by atoms with E-state index in [1.165, 1.54) is 24.5 Å². The van der Waals surface area contributed by atoms with Gasteiger partial charge in [0.2, 0.25) is 5.91 Å². The quantitative estimate of drug-likeness (QED) is 0.159. The smallest absolute Gasteiger partial charge is 0.247 e. The van der Waals surface area contributed by atoms with E-state index in [9.17, 15) is 9.18 Å². The van der Waals surface area contributed by atoms with Gasteiger partial charge in [-0.15, -0.1) is 0 Å². The number of likely N-dealkylation sites (N-methyl/N-ethyl adjacent to an activating group) is 2. The van der Waals surface area contributed by atoms with Crippen LogP contribution in [0.3, 0.4) is 0 Å². The summed E-state index contributed by atoms with van der Waals surface area (Å²) in [5.41, 5.74) is 3.04. The number of amides is 1. The minimum Gasteiger partial charge on any atom is -0.494 e. The third-order valence-corrected chi connectivity index (χ3v) is 7.61. The first-order valence-electron chi connectivity index (χ1n) is 15.3. The largest absolute Gasteiger partial charge is 0.494 e. The molecule has 1 aliphatic rings. The summed E-state index contributed by atoms with van der Waals surface area (Å²) in [4.78, 5) is 31.5. The average Bonchev–Trinajstić information content (AvgIpc) is 3.52. The first-order valence-corrected chi connectivity index (χ1v) is 15.3. The van der Waals surface area contributed by atoms with Gasteiger partial charge < -0.3 is 29.9 Å². The molecule has 0 bridgehead atoms. The van der Waals surface area contributed by atoms with Crippen molar-refractivity contribution in [3.63, 3.8) is 0 Å². The summed E-state index contributed by atoms with van der Waals surface area (Å²) in [7, 11) is 7.58. The number of nitrogens with one attached hydrogen (secondary N) is 2. The number of nitrogens with zero attached hydrogens (tertiary/aromatic N) is 5. The Kier molecular flexibility index (Phi) is 10.9. The van der Waals surface area contributed by atoms with Gasteiger partial charge in [0.15, 0.2) is 5.82 Å². The number of methoxy groups -OCH3 is 1. The molecule has 0 saturated carbocycles. The van der Waals surface area contributed by atoms with Crippen molar-refractivity contribution in [3.8, 4) is 17.2 Å². The number of aromatic nitrogens is 2. The third kappa shape index (κ3) is 8.75. The van der Waals surface area contributed by atoms with E-state index in [1.54, 1.807) is 25.3 Å². The van der Waals surface area contributed by atoms with Crippen molar-refractivity contribution in [1.82, 2.24) is 14.9 Å². The monoisotopic (exact) mass is 641 g/mol. The highest BCUT2D eigenvalue weighted by Crippen LogP contribution is 2.38. The fourth-order valence-corrected chi connectivity index (χ4v) is 5.20. The zero-order valence-electron chi connectivity index (χ0n) is 27.1. The van der Waals surface area contributed by atoms with Gasteiger partial charge in [-0.1, -0.05) is 24.8 Å². The van der Waals surface area contributed by atoms with E-state index in [-0.39, 0.29) is 17.8 Å². The number of hydroxylamine groups is 1.